The minimum Gasteiger partial charge on any atom is -0.106 e. The van der Waals surface area contributed by atoms with Gasteiger partial charge in [0.25, 0.3) is 0 Å². The van der Waals surface area contributed by atoms with Gasteiger partial charge in [-0.2, -0.15) is 0 Å². The van der Waals surface area contributed by atoms with Gasteiger partial charge in [-0.15, -0.1) is 19.7 Å². The van der Waals surface area contributed by atoms with Crippen LogP contribution in [0.15, 0.2) is 25.8 Å². The van der Waals surface area contributed by atoms with Crippen LogP contribution in [0.25, 0.3) is 0 Å². The molecule has 0 rings (SSSR count). The number of rotatable bonds is 14. The van der Waals surface area contributed by atoms with Crippen LogP contribution in [-0.2, 0) is 0 Å². The summed E-state index contributed by atoms with van der Waals surface area (Å²) in [7, 11) is 0. The molecule has 0 aromatic rings. The second kappa shape index (κ2) is 29.5. The predicted molar refractivity (Wildman–Crippen MR) is 112 cm³/mol. The second-order valence-corrected chi connectivity index (χ2v) is 6.54. The summed E-state index contributed by atoms with van der Waals surface area (Å²) in [6.45, 7) is 18.7. The van der Waals surface area contributed by atoms with Crippen LogP contribution < -0.4 is 0 Å². The lowest BCUT2D eigenvalue weighted by Gasteiger charge is -2.00. The maximum absolute atomic E-state index is 3.71. The van der Waals surface area contributed by atoms with E-state index in [1.807, 2.05) is 6.08 Å². The van der Waals surface area contributed by atoms with E-state index in [0.29, 0.717) is 0 Å². The van der Waals surface area contributed by atoms with Crippen molar-refractivity contribution in [2.75, 3.05) is 0 Å². The zero-order valence-electron chi connectivity index (χ0n) is 17.2. The molecule has 0 radical (unpaired) electrons. The Morgan fingerprint density at radius 2 is 0.913 bits per heavy atom. The van der Waals surface area contributed by atoms with Gasteiger partial charge in [-0.05, 0) is 12.3 Å². The van der Waals surface area contributed by atoms with Crippen molar-refractivity contribution in [2.24, 2.45) is 5.92 Å². The van der Waals surface area contributed by atoms with Crippen molar-refractivity contribution in [3.05, 3.63) is 25.8 Å². The Labute approximate surface area is 149 Å². The smallest absolute Gasteiger partial charge is 0.0265 e. The largest absolute Gasteiger partial charge is 0.106 e. The third kappa shape index (κ3) is 34.0. The molecule has 0 bridgehead atoms. The third-order valence-electron chi connectivity index (χ3n) is 4.12. The van der Waals surface area contributed by atoms with E-state index < -0.39 is 0 Å². The Hall–Kier alpha value is -0.520. The molecular formula is C23H48. The summed E-state index contributed by atoms with van der Waals surface area (Å²) >= 11 is 0. The van der Waals surface area contributed by atoms with Crippen LogP contribution in [0.4, 0.5) is 0 Å². The van der Waals surface area contributed by atoms with Crippen molar-refractivity contribution < 1.29 is 0 Å². The molecule has 140 valence electrons. The lowest BCUT2D eigenvalue weighted by atomic mass is 10.1. The molecule has 0 aliphatic heterocycles. The number of unbranched alkanes of at least 4 members (excludes halogenated alkanes) is 11. The lowest BCUT2D eigenvalue weighted by molar-refractivity contribution is 0.554. The highest BCUT2D eigenvalue weighted by Gasteiger charge is 1.92. The Kier molecular flexibility index (Phi) is 35.0. The molecule has 0 aromatic carbocycles. The van der Waals surface area contributed by atoms with Gasteiger partial charge in [0.1, 0.15) is 0 Å². The van der Waals surface area contributed by atoms with E-state index in [2.05, 4.69) is 47.4 Å². The maximum Gasteiger partial charge on any atom is -0.0265 e. The summed E-state index contributed by atoms with van der Waals surface area (Å²) in [5.74, 6) is 0.718. The highest BCUT2D eigenvalue weighted by Crippen LogP contribution is 2.10. The highest BCUT2D eigenvalue weighted by molar-refractivity contribution is 4.74. The molecule has 1 atom stereocenters. The number of hydrogen-bond acceptors (Lipinski definition) is 0. The zero-order chi connectivity index (χ0) is 18.2. The van der Waals surface area contributed by atoms with Crippen molar-refractivity contribution in [3.63, 3.8) is 0 Å². The van der Waals surface area contributed by atoms with Gasteiger partial charge in [0, 0.05) is 0 Å². The van der Waals surface area contributed by atoms with Gasteiger partial charge in [0.05, 0.1) is 0 Å². The Bertz CT molecular complexity index is 172. The standard InChI is InChI=1S/C13H28.C8H16.C2H4/c1-3-5-7-9-11-13-12-10-8-6-4-2;1-4-6-7-8(3)5-2;1-2/h3-13H2,1-2H3;5,8H,2,4,6-7H2,1,3H3;1-2H2. The monoisotopic (exact) mass is 324 g/mol. The Balaban J connectivity index is -0.000000343. The van der Waals surface area contributed by atoms with Gasteiger partial charge in [-0.3, -0.25) is 0 Å². The molecule has 0 saturated carbocycles. The molecule has 0 nitrogen and oxygen atoms in total. The van der Waals surface area contributed by atoms with Crippen molar-refractivity contribution >= 4 is 0 Å². The summed E-state index contributed by atoms with van der Waals surface area (Å²) in [6, 6.07) is 0. The van der Waals surface area contributed by atoms with Crippen molar-refractivity contribution in [1.29, 1.82) is 0 Å². The first-order chi connectivity index (χ1) is 11.2. The molecule has 0 N–H and O–H groups in total. The van der Waals surface area contributed by atoms with E-state index in [1.165, 1.54) is 89.9 Å². The van der Waals surface area contributed by atoms with Crippen LogP contribution >= 0.6 is 0 Å². The van der Waals surface area contributed by atoms with Crippen LogP contribution in [0.2, 0.25) is 0 Å². The summed E-state index contributed by atoms with van der Waals surface area (Å²) in [4.78, 5) is 0. The summed E-state index contributed by atoms with van der Waals surface area (Å²) in [6.07, 6.45) is 21.9. The van der Waals surface area contributed by atoms with E-state index in [-0.39, 0.29) is 0 Å². The quantitative estimate of drug-likeness (QED) is 0.221. The van der Waals surface area contributed by atoms with Crippen LogP contribution in [0.1, 0.15) is 118 Å². The summed E-state index contributed by atoms with van der Waals surface area (Å²) < 4.78 is 0. The molecule has 0 aromatic heterocycles. The molecule has 0 aliphatic carbocycles. The van der Waals surface area contributed by atoms with Crippen LogP contribution in [0, 0.1) is 5.92 Å². The lowest BCUT2D eigenvalue weighted by Crippen LogP contribution is -1.86. The average Bonchev–Trinajstić information content (AvgIpc) is 2.60. The summed E-state index contributed by atoms with van der Waals surface area (Å²) in [5.41, 5.74) is 0. The second-order valence-electron chi connectivity index (χ2n) is 6.54. The van der Waals surface area contributed by atoms with Crippen molar-refractivity contribution in [2.45, 2.75) is 118 Å². The fourth-order valence-electron chi connectivity index (χ4n) is 2.38. The normalized spacial score (nSPS) is 10.8. The summed E-state index contributed by atoms with van der Waals surface area (Å²) in [5, 5.41) is 0. The first kappa shape index (κ1) is 27.3. The van der Waals surface area contributed by atoms with E-state index in [0.717, 1.165) is 5.92 Å². The van der Waals surface area contributed by atoms with E-state index >= 15 is 0 Å². The van der Waals surface area contributed by atoms with Gasteiger partial charge < -0.3 is 0 Å². The average molecular weight is 325 g/mol. The number of allylic oxidation sites excluding steroid dienone is 1. The predicted octanol–water partition coefficient (Wildman–Crippen LogP) is 9.12. The van der Waals surface area contributed by atoms with E-state index in [1.54, 1.807) is 0 Å². The molecule has 0 spiro atoms. The van der Waals surface area contributed by atoms with Gasteiger partial charge in [0.15, 0.2) is 0 Å². The topological polar surface area (TPSA) is 0 Å². The molecular weight excluding hydrogens is 276 g/mol. The van der Waals surface area contributed by atoms with Gasteiger partial charge in [-0.1, -0.05) is 117 Å². The Morgan fingerprint density at radius 3 is 1.17 bits per heavy atom. The molecule has 0 amide bonds. The van der Waals surface area contributed by atoms with Gasteiger partial charge in [-0.25, -0.2) is 0 Å². The molecule has 23 heavy (non-hydrogen) atoms. The van der Waals surface area contributed by atoms with Crippen LogP contribution in [0.3, 0.4) is 0 Å². The SMILES string of the molecule is C=C.C=CC(C)CCCC.CCCCCCCCCCCCC. The first-order valence-corrected chi connectivity index (χ1v) is 10.3. The van der Waals surface area contributed by atoms with E-state index in [4.69, 9.17) is 0 Å². The molecule has 0 saturated heterocycles. The minimum atomic E-state index is 0.718. The third-order valence-corrected chi connectivity index (χ3v) is 4.12. The van der Waals surface area contributed by atoms with E-state index in [9.17, 15) is 0 Å². The van der Waals surface area contributed by atoms with Crippen molar-refractivity contribution in [1.82, 2.24) is 0 Å². The van der Waals surface area contributed by atoms with Gasteiger partial charge in [0.2, 0.25) is 0 Å². The minimum absolute atomic E-state index is 0.718. The molecule has 0 fully saturated rings. The fourth-order valence-corrected chi connectivity index (χ4v) is 2.38. The maximum atomic E-state index is 3.71. The molecule has 0 heterocycles. The van der Waals surface area contributed by atoms with Gasteiger partial charge >= 0.3 is 0 Å². The first-order valence-electron chi connectivity index (χ1n) is 10.3. The van der Waals surface area contributed by atoms with Crippen LogP contribution in [-0.4, -0.2) is 0 Å². The van der Waals surface area contributed by atoms with Crippen molar-refractivity contribution in [3.8, 4) is 0 Å². The Morgan fingerprint density at radius 1 is 0.609 bits per heavy atom. The molecule has 0 heteroatoms. The molecule has 1 unspecified atom stereocenters. The fraction of sp³-hybridized carbons (Fsp3) is 0.826. The molecule has 0 aliphatic rings. The highest BCUT2D eigenvalue weighted by atomic mass is 14.0. The van der Waals surface area contributed by atoms with Crippen LogP contribution in [0.5, 0.6) is 0 Å². The zero-order valence-corrected chi connectivity index (χ0v) is 17.2. The number of hydrogen-bond donors (Lipinski definition) is 0.